The molecule has 1 fully saturated rings. The number of rotatable bonds is 5. The Morgan fingerprint density at radius 2 is 1.69 bits per heavy atom. The third-order valence-corrected chi connectivity index (χ3v) is 8.94. The van der Waals surface area contributed by atoms with Crippen molar-refractivity contribution < 1.29 is 32.6 Å². The van der Waals surface area contributed by atoms with E-state index in [0.717, 1.165) is 16.3 Å². The van der Waals surface area contributed by atoms with Gasteiger partial charge in [0.25, 0.3) is 10.0 Å². The lowest BCUT2D eigenvalue weighted by Crippen LogP contribution is -2.56. The third-order valence-electron chi connectivity index (χ3n) is 7.17. The van der Waals surface area contributed by atoms with Gasteiger partial charge in [0.2, 0.25) is 0 Å². The van der Waals surface area contributed by atoms with Crippen LogP contribution in [0.4, 0.5) is 0 Å². The molecule has 1 heterocycles. The van der Waals surface area contributed by atoms with Crippen molar-refractivity contribution in [3.05, 3.63) is 65.2 Å². The molecule has 0 radical (unpaired) electrons. The average Bonchev–Trinajstić information content (AvgIpc) is 3.06. The number of sulfonamides is 1. The Morgan fingerprint density at radius 1 is 1.03 bits per heavy atom. The van der Waals surface area contributed by atoms with E-state index in [9.17, 15) is 23.1 Å². The van der Waals surface area contributed by atoms with Gasteiger partial charge in [0.15, 0.2) is 6.23 Å². The summed E-state index contributed by atoms with van der Waals surface area (Å²) in [5.74, 6) is -0.446. The standard InChI is InChI=1S/C27H31NO7S/c1-18-8-14-21(15-9-18)36(32,33)28-24(19-10-12-20(34-2)13-11-19)22(25(30)35-3)17-27(26(28)31)16-6-4-5-7-23(27)29/h8-15,26,31H,4-7,16-17H2,1-3H3/t26-,27+/m0/s1. The quantitative estimate of drug-likeness (QED) is 0.605. The number of ketones is 1. The summed E-state index contributed by atoms with van der Waals surface area (Å²) >= 11 is 0. The lowest BCUT2D eigenvalue weighted by Gasteiger charge is -2.47. The smallest absolute Gasteiger partial charge is 0.335 e. The number of carbonyl (C=O) groups excluding carboxylic acids is 2. The number of ether oxygens (including phenoxy) is 2. The lowest BCUT2D eigenvalue weighted by molar-refractivity contribution is -0.144. The second-order valence-electron chi connectivity index (χ2n) is 9.35. The van der Waals surface area contributed by atoms with Crippen LogP contribution < -0.4 is 4.74 Å². The van der Waals surface area contributed by atoms with Gasteiger partial charge < -0.3 is 14.6 Å². The predicted molar refractivity (Wildman–Crippen MR) is 133 cm³/mol. The zero-order valence-electron chi connectivity index (χ0n) is 20.7. The number of benzene rings is 2. The van der Waals surface area contributed by atoms with Crippen LogP contribution in [0, 0.1) is 12.3 Å². The Hall–Kier alpha value is -3.17. The molecule has 1 N–H and O–H groups in total. The van der Waals surface area contributed by atoms with Crippen LogP contribution in [0.3, 0.4) is 0 Å². The van der Waals surface area contributed by atoms with E-state index in [4.69, 9.17) is 9.47 Å². The number of hydrogen-bond acceptors (Lipinski definition) is 7. The highest BCUT2D eigenvalue weighted by Crippen LogP contribution is 2.51. The van der Waals surface area contributed by atoms with Crippen LogP contribution in [0.1, 0.15) is 49.7 Å². The molecule has 0 amide bonds. The predicted octanol–water partition coefficient (Wildman–Crippen LogP) is 3.82. The number of nitrogens with zero attached hydrogens (tertiary/aromatic N) is 1. The SMILES string of the molecule is COC(=O)C1=C(c2ccc(OC)cc2)N(S(=O)(=O)c2ccc(C)cc2)[C@@H](O)[C@]2(CCCCCC2=O)C1. The number of aliphatic hydroxyl groups is 1. The van der Waals surface area contributed by atoms with Gasteiger partial charge in [-0.1, -0.05) is 30.5 Å². The first-order valence-corrected chi connectivity index (χ1v) is 13.4. The summed E-state index contributed by atoms with van der Waals surface area (Å²) in [5.41, 5.74) is -0.168. The molecule has 9 heteroatoms. The maximum atomic E-state index is 14.1. The molecular weight excluding hydrogens is 482 g/mol. The van der Waals surface area contributed by atoms with Gasteiger partial charge in [0.05, 0.1) is 35.8 Å². The van der Waals surface area contributed by atoms with Gasteiger partial charge in [-0.25, -0.2) is 17.5 Å². The number of carbonyl (C=O) groups is 2. The van der Waals surface area contributed by atoms with Crippen molar-refractivity contribution in [2.45, 2.75) is 56.6 Å². The van der Waals surface area contributed by atoms with E-state index in [1.54, 1.807) is 36.4 Å². The van der Waals surface area contributed by atoms with Gasteiger partial charge >= 0.3 is 5.97 Å². The van der Waals surface area contributed by atoms with Gasteiger partial charge in [-0.05, 0) is 68.1 Å². The molecule has 1 spiro atoms. The van der Waals surface area contributed by atoms with E-state index in [0.29, 0.717) is 24.2 Å². The highest BCUT2D eigenvalue weighted by molar-refractivity contribution is 7.89. The number of esters is 1. The largest absolute Gasteiger partial charge is 0.497 e. The summed E-state index contributed by atoms with van der Waals surface area (Å²) in [5, 5.41) is 11.8. The maximum Gasteiger partial charge on any atom is 0.335 e. The maximum absolute atomic E-state index is 14.1. The Labute approximate surface area is 211 Å². The lowest BCUT2D eigenvalue weighted by atomic mass is 9.70. The normalized spacial score (nSPS) is 22.9. The molecule has 2 aliphatic rings. The molecule has 2 aromatic rings. The van der Waals surface area contributed by atoms with Crippen LogP contribution in [0.15, 0.2) is 59.0 Å². The van der Waals surface area contributed by atoms with E-state index in [1.807, 2.05) is 6.92 Å². The fraction of sp³-hybridized carbons (Fsp3) is 0.407. The summed E-state index contributed by atoms with van der Waals surface area (Å²) in [6.45, 7) is 1.84. The van der Waals surface area contributed by atoms with E-state index >= 15 is 0 Å². The van der Waals surface area contributed by atoms with Crippen molar-refractivity contribution in [1.82, 2.24) is 4.31 Å². The first-order chi connectivity index (χ1) is 17.2. The van der Waals surface area contributed by atoms with Gasteiger partial charge in [0, 0.05) is 6.42 Å². The molecule has 1 saturated carbocycles. The molecule has 0 aromatic heterocycles. The average molecular weight is 514 g/mol. The zero-order chi connectivity index (χ0) is 26.1. The van der Waals surface area contributed by atoms with Crippen molar-refractivity contribution in [3.8, 4) is 5.75 Å². The number of hydrogen-bond donors (Lipinski definition) is 1. The minimum atomic E-state index is -4.39. The van der Waals surface area contributed by atoms with E-state index in [2.05, 4.69) is 0 Å². The molecule has 192 valence electrons. The number of Topliss-reactive ketones (excluding diaryl/α,β-unsaturated/α-hetero) is 1. The van der Waals surface area contributed by atoms with Crippen molar-refractivity contribution in [3.63, 3.8) is 0 Å². The number of aryl methyl sites for hydroxylation is 1. The van der Waals surface area contributed by atoms with Crippen molar-refractivity contribution >= 4 is 27.5 Å². The van der Waals surface area contributed by atoms with Crippen molar-refractivity contribution in [2.75, 3.05) is 14.2 Å². The highest BCUT2D eigenvalue weighted by atomic mass is 32.2. The van der Waals surface area contributed by atoms with Gasteiger partial charge in [-0.3, -0.25) is 4.79 Å². The molecule has 36 heavy (non-hydrogen) atoms. The summed E-state index contributed by atoms with van der Waals surface area (Å²) in [6, 6.07) is 12.8. The Kier molecular flexibility index (Phi) is 7.24. The highest BCUT2D eigenvalue weighted by Gasteiger charge is 2.56. The Balaban J connectivity index is 2.03. The van der Waals surface area contributed by atoms with Crippen LogP contribution >= 0.6 is 0 Å². The fourth-order valence-electron chi connectivity index (χ4n) is 5.14. The second kappa shape index (κ2) is 10.1. The molecule has 1 aliphatic heterocycles. The second-order valence-corrected chi connectivity index (χ2v) is 11.2. The fourth-order valence-corrected chi connectivity index (χ4v) is 6.77. The molecule has 8 nitrogen and oxygen atoms in total. The molecule has 1 aliphatic carbocycles. The summed E-state index contributed by atoms with van der Waals surface area (Å²) in [6.07, 6.45) is 0.744. The minimum Gasteiger partial charge on any atom is -0.497 e. The third kappa shape index (κ3) is 4.41. The van der Waals surface area contributed by atoms with Gasteiger partial charge in [0.1, 0.15) is 11.5 Å². The summed E-state index contributed by atoms with van der Waals surface area (Å²) < 4.78 is 39.4. The minimum absolute atomic E-state index is 0.000231. The Bertz CT molecular complexity index is 1280. The molecule has 0 bridgehead atoms. The molecular formula is C27H31NO7S. The van der Waals surface area contributed by atoms with Crippen molar-refractivity contribution in [1.29, 1.82) is 0 Å². The molecule has 0 saturated heterocycles. The van der Waals surface area contributed by atoms with Crippen LogP contribution in [0.2, 0.25) is 0 Å². The number of aliphatic hydroxyl groups excluding tert-OH is 1. The van der Waals surface area contributed by atoms with Crippen molar-refractivity contribution in [2.24, 2.45) is 5.41 Å². The van der Waals surface area contributed by atoms with E-state index in [1.165, 1.54) is 26.4 Å². The van der Waals surface area contributed by atoms with Gasteiger partial charge in [-0.15, -0.1) is 0 Å². The molecule has 2 atom stereocenters. The van der Waals surface area contributed by atoms with Crippen LogP contribution in [0.5, 0.6) is 5.75 Å². The molecule has 2 aromatic carbocycles. The Morgan fingerprint density at radius 3 is 2.31 bits per heavy atom. The number of methoxy groups -OCH3 is 2. The zero-order valence-corrected chi connectivity index (χ0v) is 21.5. The first-order valence-electron chi connectivity index (χ1n) is 11.9. The first kappa shape index (κ1) is 25.9. The monoisotopic (exact) mass is 513 g/mol. The van der Waals surface area contributed by atoms with E-state index in [-0.39, 0.29) is 41.2 Å². The molecule has 0 unspecified atom stereocenters. The van der Waals surface area contributed by atoms with Crippen LogP contribution in [-0.2, 0) is 24.3 Å². The van der Waals surface area contributed by atoms with E-state index < -0.39 is 27.6 Å². The molecule has 4 rings (SSSR count). The van der Waals surface area contributed by atoms with Crippen LogP contribution in [-0.4, -0.2) is 50.0 Å². The van der Waals surface area contributed by atoms with Gasteiger partial charge in [-0.2, -0.15) is 0 Å². The summed E-state index contributed by atoms with van der Waals surface area (Å²) in [7, 11) is -1.67. The topological polar surface area (TPSA) is 110 Å². The summed E-state index contributed by atoms with van der Waals surface area (Å²) in [4.78, 5) is 26.5. The van der Waals surface area contributed by atoms with Crippen LogP contribution in [0.25, 0.3) is 5.70 Å².